The second kappa shape index (κ2) is 5.81. The van der Waals surface area contributed by atoms with Crippen molar-refractivity contribution in [3.8, 4) is 0 Å². The maximum Gasteiger partial charge on any atom is 0.0951 e. The average Bonchev–Trinajstić information content (AvgIpc) is 2.83. The second-order valence-corrected chi connectivity index (χ2v) is 6.80. The first kappa shape index (κ1) is 13.4. The standard InChI is InChI=1S/C16H14ClIO/c17-13-8-6-12(7-9-13)16-14(18)10-15(19-16)11-4-2-1-3-5-11/h1-9,14-16H,10H2/t14-,15+,16+/m0/s1. The van der Waals surface area contributed by atoms with Crippen molar-refractivity contribution in [1.29, 1.82) is 0 Å². The Kier molecular flexibility index (Phi) is 4.10. The fourth-order valence-electron chi connectivity index (χ4n) is 2.47. The van der Waals surface area contributed by atoms with Crippen LogP contribution in [0.2, 0.25) is 5.02 Å². The molecule has 98 valence electrons. The van der Waals surface area contributed by atoms with Crippen LogP contribution in [0, 0.1) is 0 Å². The molecule has 1 aliphatic rings. The summed E-state index contributed by atoms with van der Waals surface area (Å²) < 4.78 is 6.72. The molecule has 1 nitrogen and oxygen atoms in total. The minimum atomic E-state index is 0.156. The summed E-state index contributed by atoms with van der Waals surface area (Å²) in [7, 11) is 0. The second-order valence-electron chi connectivity index (χ2n) is 4.76. The van der Waals surface area contributed by atoms with Crippen LogP contribution in [0.4, 0.5) is 0 Å². The van der Waals surface area contributed by atoms with E-state index in [2.05, 4.69) is 59.0 Å². The predicted octanol–water partition coefficient (Wildman–Crippen LogP) is 5.35. The van der Waals surface area contributed by atoms with Crippen LogP contribution in [0.1, 0.15) is 29.8 Å². The maximum atomic E-state index is 6.24. The first-order valence-electron chi connectivity index (χ1n) is 6.34. The summed E-state index contributed by atoms with van der Waals surface area (Å²) in [5.41, 5.74) is 2.47. The lowest BCUT2D eigenvalue weighted by molar-refractivity contribution is 0.0460. The van der Waals surface area contributed by atoms with Gasteiger partial charge in [-0.15, -0.1) is 0 Å². The molecule has 0 amide bonds. The molecule has 1 fully saturated rings. The summed E-state index contributed by atoms with van der Waals surface area (Å²) in [5.74, 6) is 0. The third-order valence-electron chi connectivity index (χ3n) is 3.45. The van der Waals surface area contributed by atoms with Gasteiger partial charge in [-0.2, -0.15) is 0 Å². The molecule has 3 rings (SSSR count). The van der Waals surface area contributed by atoms with Crippen LogP contribution in [0.3, 0.4) is 0 Å². The van der Waals surface area contributed by atoms with Gasteiger partial charge >= 0.3 is 0 Å². The fraction of sp³-hybridized carbons (Fsp3) is 0.250. The van der Waals surface area contributed by atoms with Gasteiger partial charge < -0.3 is 4.74 Å². The number of hydrogen-bond acceptors (Lipinski definition) is 1. The molecule has 0 unspecified atom stereocenters. The Hall–Kier alpha value is -0.580. The zero-order valence-electron chi connectivity index (χ0n) is 10.3. The number of hydrogen-bond donors (Lipinski definition) is 0. The molecule has 1 heterocycles. The molecule has 0 N–H and O–H groups in total. The zero-order valence-corrected chi connectivity index (χ0v) is 13.2. The van der Waals surface area contributed by atoms with E-state index >= 15 is 0 Å². The lowest BCUT2D eigenvalue weighted by Gasteiger charge is -2.15. The maximum absolute atomic E-state index is 6.24. The summed E-state index contributed by atoms with van der Waals surface area (Å²) in [6.07, 6.45) is 1.41. The molecule has 1 aliphatic heterocycles. The number of benzene rings is 2. The van der Waals surface area contributed by atoms with Crippen molar-refractivity contribution < 1.29 is 4.74 Å². The van der Waals surface area contributed by atoms with Gasteiger partial charge in [-0.3, -0.25) is 0 Å². The van der Waals surface area contributed by atoms with E-state index in [1.54, 1.807) is 0 Å². The highest BCUT2D eigenvalue weighted by atomic mass is 127. The van der Waals surface area contributed by atoms with Gasteiger partial charge in [0, 0.05) is 8.95 Å². The van der Waals surface area contributed by atoms with Crippen molar-refractivity contribution in [1.82, 2.24) is 0 Å². The van der Waals surface area contributed by atoms with E-state index in [0.29, 0.717) is 3.92 Å². The van der Waals surface area contributed by atoms with Gasteiger partial charge in [-0.05, 0) is 29.7 Å². The molecule has 19 heavy (non-hydrogen) atoms. The van der Waals surface area contributed by atoms with E-state index in [4.69, 9.17) is 16.3 Å². The Labute approximate surface area is 132 Å². The van der Waals surface area contributed by atoms with Crippen molar-refractivity contribution in [3.63, 3.8) is 0 Å². The Morgan fingerprint density at radius 3 is 2.32 bits per heavy atom. The molecule has 0 radical (unpaired) electrons. The number of rotatable bonds is 2. The van der Waals surface area contributed by atoms with Crippen LogP contribution in [0.5, 0.6) is 0 Å². The molecule has 3 atom stereocenters. The Morgan fingerprint density at radius 2 is 1.63 bits per heavy atom. The highest BCUT2D eigenvalue weighted by molar-refractivity contribution is 14.1. The molecule has 2 aromatic carbocycles. The van der Waals surface area contributed by atoms with Crippen LogP contribution >= 0.6 is 34.2 Å². The van der Waals surface area contributed by atoms with Gasteiger partial charge in [0.2, 0.25) is 0 Å². The number of alkyl halides is 1. The fourth-order valence-corrected chi connectivity index (χ4v) is 3.64. The molecule has 1 saturated heterocycles. The Bertz CT molecular complexity index is 540. The van der Waals surface area contributed by atoms with E-state index in [-0.39, 0.29) is 12.2 Å². The van der Waals surface area contributed by atoms with E-state index in [1.807, 2.05) is 18.2 Å². The highest BCUT2D eigenvalue weighted by Crippen LogP contribution is 2.44. The normalized spacial score (nSPS) is 26.5. The summed E-state index contributed by atoms with van der Waals surface area (Å²) in [5, 5.41) is 0.770. The minimum Gasteiger partial charge on any atom is -0.364 e. The lowest BCUT2D eigenvalue weighted by Crippen LogP contribution is -2.05. The minimum absolute atomic E-state index is 0.156. The highest BCUT2D eigenvalue weighted by Gasteiger charge is 2.35. The summed E-state index contributed by atoms with van der Waals surface area (Å²) >= 11 is 8.43. The topological polar surface area (TPSA) is 9.23 Å². The van der Waals surface area contributed by atoms with Crippen LogP contribution in [0.15, 0.2) is 54.6 Å². The number of halogens is 2. The van der Waals surface area contributed by atoms with Gasteiger partial charge in [-0.1, -0.05) is 76.7 Å². The summed E-state index contributed by atoms with van der Waals surface area (Å²) in [6.45, 7) is 0. The van der Waals surface area contributed by atoms with Crippen molar-refractivity contribution in [3.05, 3.63) is 70.7 Å². The van der Waals surface area contributed by atoms with Crippen LogP contribution in [-0.4, -0.2) is 3.92 Å². The van der Waals surface area contributed by atoms with E-state index in [1.165, 1.54) is 11.1 Å². The molecule has 0 aromatic heterocycles. The third kappa shape index (κ3) is 2.96. The summed E-state index contributed by atoms with van der Waals surface area (Å²) in [6, 6.07) is 18.4. The predicted molar refractivity (Wildman–Crippen MR) is 86.9 cm³/mol. The largest absolute Gasteiger partial charge is 0.364 e. The molecular weight excluding hydrogens is 371 g/mol. The van der Waals surface area contributed by atoms with Crippen LogP contribution in [0.25, 0.3) is 0 Å². The smallest absolute Gasteiger partial charge is 0.0951 e. The van der Waals surface area contributed by atoms with Crippen LogP contribution < -0.4 is 0 Å². The Balaban J connectivity index is 1.80. The average molecular weight is 385 g/mol. The molecule has 0 spiro atoms. The van der Waals surface area contributed by atoms with Crippen molar-refractivity contribution in [2.45, 2.75) is 22.6 Å². The van der Waals surface area contributed by atoms with Crippen molar-refractivity contribution >= 4 is 34.2 Å². The van der Waals surface area contributed by atoms with Gasteiger partial charge in [0.25, 0.3) is 0 Å². The zero-order chi connectivity index (χ0) is 13.2. The quantitative estimate of drug-likeness (QED) is 0.501. The van der Waals surface area contributed by atoms with Crippen molar-refractivity contribution in [2.24, 2.45) is 0 Å². The third-order valence-corrected chi connectivity index (χ3v) is 4.86. The SMILES string of the molecule is Clc1ccc([C@H]2O[C@@H](c3ccccc3)C[C@@H]2I)cc1. The molecule has 0 aliphatic carbocycles. The van der Waals surface area contributed by atoms with Gasteiger partial charge in [0.1, 0.15) is 0 Å². The molecule has 2 aromatic rings. The first-order chi connectivity index (χ1) is 9.24. The van der Waals surface area contributed by atoms with Gasteiger partial charge in [-0.25, -0.2) is 0 Å². The first-order valence-corrected chi connectivity index (χ1v) is 7.96. The van der Waals surface area contributed by atoms with E-state index < -0.39 is 0 Å². The molecule has 0 bridgehead atoms. The van der Waals surface area contributed by atoms with Crippen molar-refractivity contribution in [2.75, 3.05) is 0 Å². The van der Waals surface area contributed by atoms with Crippen LogP contribution in [-0.2, 0) is 4.74 Å². The number of ether oxygens (including phenoxy) is 1. The molecular formula is C16H14ClIO. The van der Waals surface area contributed by atoms with E-state index in [0.717, 1.165) is 11.4 Å². The van der Waals surface area contributed by atoms with E-state index in [9.17, 15) is 0 Å². The molecule has 0 saturated carbocycles. The lowest BCUT2D eigenvalue weighted by atomic mass is 10.0. The molecule has 3 heteroatoms. The monoisotopic (exact) mass is 384 g/mol. The Morgan fingerprint density at radius 1 is 0.947 bits per heavy atom. The van der Waals surface area contributed by atoms with Gasteiger partial charge in [0.15, 0.2) is 0 Å². The summed E-state index contributed by atoms with van der Waals surface area (Å²) in [4.78, 5) is 0. The van der Waals surface area contributed by atoms with Gasteiger partial charge in [0.05, 0.1) is 12.2 Å².